The number of hydrogen-bond acceptors (Lipinski definition) is 3. The molecule has 0 aliphatic rings. The molecule has 0 atom stereocenters. The third kappa shape index (κ3) is 2.97. The van der Waals surface area contributed by atoms with Crippen LogP contribution in [-0.2, 0) is 6.54 Å². The lowest BCUT2D eigenvalue weighted by molar-refractivity contribution is 0.410. The third-order valence-electron chi connectivity index (χ3n) is 3.51. The van der Waals surface area contributed by atoms with Crippen LogP contribution in [0.1, 0.15) is 11.1 Å². The van der Waals surface area contributed by atoms with Crippen LogP contribution in [0.4, 0.5) is 5.69 Å². The molecule has 0 unspecified atom stereocenters. The second-order valence-electron chi connectivity index (χ2n) is 5.09. The smallest absolute Gasteiger partial charge is 0.123 e. The number of para-hydroxylation sites is 1. The van der Waals surface area contributed by atoms with Crippen molar-refractivity contribution in [3.8, 4) is 5.75 Å². The zero-order valence-corrected chi connectivity index (χ0v) is 12.3. The van der Waals surface area contributed by atoms with Crippen LogP contribution in [0.15, 0.2) is 54.7 Å². The third-order valence-corrected chi connectivity index (χ3v) is 3.51. The molecule has 2 aromatic carbocycles. The quantitative estimate of drug-likeness (QED) is 0.778. The van der Waals surface area contributed by atoms with Crippen LogP contribution in [-0.4, -0.2) is 12.1 Å². The largest absolute Gasteiger partial charge is 0.496 e. The summed E-state index contributed by atoms with van der Waals surface area (Å²) >= 11 is 0. The van der Waals surface area contributed by atoms with Gasteiger partial charge in [-0.2, -0.15) is 0 Å². The minimum absolute atomic E-state index is 0.713. The van der Waals surface area contributed by atoms with Crippen LogP contribution < -0.4 is 10.1 Å². The molecule has 3 heteroatoms. The first-order valence-corrected chi connectivity index (χ1v) is 6.98. The Kier molecular flexibility index (Phi) is 3.73. The van der Waals surface area contributed by atoms with Gasteiger partial charge < -0.3 is 10.1 Å². The summed E-state index contributed by atoms with van der Waals surface area (Å²) in [7, 11) is 1.70. The van der Waals surface area contributed by atoms with Gasteiger partial charge in [0.15, 0.2) is 0 Å². The first-order valence-electron chi connectivity index (χ1n) is 6.98. The molecule has 106 valence electrons. The SMILES string of the molecule is COc1ccc(C)cc1CNc1cnc2ccccc2c1. The van der Waals surface area contributed by atoms with E-state index in [4.69, 9.17) is 4.74 Å². The Morgan fingerprint density at radius 2 is 1.95 bits per heavy atom. The maximum Gasteiger partial charge on any atom is 0.123 e. The monoisotopic (exact) mass is 278 g/mol. The van der Waals surface area contributed by atoms with Crippen LogP contribution in [0, 0.1) is 6.92 Å². The van der Waals surface area contributed by atoms with Crippen LogP contribution in [0.3, 0.4) is 0 Å². The maximum atomic E-state index is 5.40. The maximum absolute atomic E-state index is 5.40. The number of aromatic nitrogens is 1. The van der Waals surface area contributed by atoms with Gasteiger partial charge in [0.2, 0.25) is 0 Å². The first kappa shape index (κ1) is 13.4. The Morgan fingerprint density at radius 3 is 2.81 bits per heavy atom. The Balaban J connectivity index is 1.81. The summed E-state index contributed by atoms with van der Waals surface area (Å²) in [5.41, 5.74) is 4.39. The van der Waals surface area contributed by atoms with Crippen LogP contribution in [0.2, 0.25) is 0 Å². The zero-order valence-electron chi connectivity index (χ0n) is 12.3. The summed E-state index contributed by atoms with van der Waals surface area (Å²) in [6.45, 7) is 2.80. The van der Waals surface area contributed by atoms with Crippen LogP contribution in [0.5, 0.6) is 5.75 Å². The Labute approximate surface area is 124 Å². The molecule has 1 aromatic heterocycles. The van der Waals surface area contributed by atoms with Crippen molar-refractivity contribution in [2.24, 2.45) is 0 Å². The number of ether oxygens (including phenoxy) is 1. The number of fused-ring (bicyclic) bond motifs is 1. The van der Waals surface area contributed by atoms with E-state index in [9.17, 15) is 0 Å². The van der Waals surface area contributed by atoms with Crippen LogP contribution in [0.25, 0.3) is 10.9 Å². The minimum atomic E-state index is 0.713. The first-order chi connectivity index (χ1) is 10.3. The van der Waals surface area contributed by atoms with Gasteiger partial charge in [0, 0.05) is 17.5 Å². The highest BCUT2D eigenvalue weighted by molar-refractivity contribution is 5.81. The number of hydrogen-bond donors (Lipinski definition) is 1. The normalized spacial score (nSPS) is 10.6. The van der Waals surface area contributed by atoms with Gasteiger partial charge in [0.25, 0.3) is 0 Å². The van der Waals surface area contributed by atoms with E-state index in [0.717, 1.165) is 27.9 Å². The highest BCUT2D eigenvalue weighted by atomic mass is 16.5. The lowest BCUT2D eigenvalue weighted by Crippen LogP contribution is -2.02. The van der Waals surface area contributed by atoms with E-state index >= 15 is 0 Å². The fourth-order valence-electron chi connectivity index (χ4n) is 2.41. The molecule has 0 bridgehead atoms. The van der Waals surface area contributed by atoms with E-state index in [1.54, 1.807) is 7.11 Å². The Hall–Kier alpha value is -2.55. The molecule has 0 saturated carbocycles. The molecule has 0 radical (unpaired) electrons. The van der Waals surface area contributed by atoms with Crippen molar-refractivity contribution in [2.45, 2.75) is 13.5 Å². The predicted octanol–water partition coefficient (Wildman–Crippen LogP) is 4.16. The molecule has 0 aliphatic heterocycles. The van der Waals surface area contributed by atoms with Gasteiger partial charge >= 0.3 is 0 Å². The van der Waals surface area contributed by atoms with Gasteiger partial charge in [0.1, 0.15) is 5.75 Å². The molecule has 0 amide bonds. The number of nitrogens with one attached hydrogen (secondary N) is 1. The Morgan fingerprint density at radius 1 is 1.10 bits per heavy atom. The topological polar surface area (TPSA) is 34.1 Å². The van der Waals surface area contributed by atoms with Crippen molar-refractivity contribution in [1.82, 2.24) is 4.98 Å². The van der Waals surface area contributed by atoms with E-state index in [0.29, 0.717) is 6.54 Å². The van der Waals surface area contributed by atoms with Crippen molar-refractivity contribution in [3.63, 3.8) is 0 Å². The van der Waals surface area contributed by atoms with Crippen molar-refractivity contribution in [1.29, 1.82) is 0 Å². The summed E-state index contributed by atoms with van der Waals surface area (Å²) in [5.74, 6) is 0.904. The molecule has 1 heterocycles. The molecule has 21 heavy (non-hydrogen) atoms. The van der Waals surface area contributed by atoms with Crippen molar-refractivity contribution in [2.75, 3.05) is 12.4 Å². The standard InChI is InChI=1S/C18H18N2O/c1-13-7-8-18(21-2)15(9-13)11-19-16-10-14-5-3-4-6-17(14)20-12-16/h3-10,12,19H,11H2,1-2H3. The number of pyridine rings is 1. The van der Waals surface area contributed by atoms with Gasteiger partial charge in [-0.25, -0.2) is 0 Å². The Bertz CT molecular complexity index is 768. The van der Waals surface area contributed by atoms with Gasteiger partial charge in [0.05, 0.1) is 24.5 Å². The number of anilines is 1. The second-order valence-corrected chi connectivity index (χ2v) is 5.09. The number of nitrogens with zero attached hydrogens (tertiary/aromatic N) is 1. The van der Waals surface area contributed by atoms with Crippen molar-refractivity contribution < 1.29 is 4.74 Å². The number of aryl methyl sites for hydroxylation is 1. The molecule has 3 aromatic rings. The van der Waals surface area contributed by atoms with E-state index in [-0.39, 0.29) is 0 Å². The number of methoxy groups -OCH3 is 1. The lowest BCUT2D eigenvalue weighted by Gasteiger charge is -2.11. The molecular weight excluding hydrogens is 260 g/mol. The average molecular weight is 278 g/mol. The van der Waals surface area contributed by atoms with E-state index in [1.165, 1.54) is 5.56 Å². The highest BCUT2D eigenvalue weighted by Gasteiger charge is 2.04. The summed E-state index contributed by atoms with van der Waals surface area (Å²) in [5, 5.41) is 4.55. The van der Waals surface area contributed by atoms with Crippen molar-refractivity contribution in [3.05, 3.63) is 65.9 Å². The summed E-state index contributed by atoms with van der Waals surface area (Å²) < 4.78 is 5.40. The van der Waals surface area contributed by atoms with E-state index < -0.39 is 0 Å². The number of rotatable bonds is 4. The molecule has 3 nitrogen and oxygen atoms in total. The van der Waals surface area contributed by atoms with Gasteiger partial charge in [-0.05, 0) is 25.1 Å². The average Bonchev–Trinajstić information content (AvgIpc) is 2.53. The zero-order chi connectivity index (χ0) is 14.7. The van der Waals surface area contributed by atoms with E-state index in [2.05, 4.69) is 41.5 Å². The van der Waals surface area contributed by atoms with Gasteiger partial charge in [-0.15, -0.1) is 0 Å². The fourth-order valence-corrected chi connectivity index (χ4v) is 2.41. The molecule has 0 spiro atoms. The molecule has 3 rings (SSSR count). The van der Waals surface area contributed by atoms with Crippen molar-refractivity contribution >= 4 is 16.6 Å². The fraction of sp³-hybridized carbons (Fsp3) is 0.167. The lowest BCUT2D eigenvalue weighted by atomic mass is 10.1. The molecular formula is C18H18N2O. The number of benzene rings is 2. The summed E-state index contributed by atoms with van der Waals surface area (Å²) in [6, 6.07) is 16.4. The van der Waals surface area contributed by atoms with E-state index in [1.807, 2.05) is 30.5 Å². The van der Waals surface area contributed by atoms with Crippen LogP contribution >= 0.6 is 0 Å². The molecule has 0 saturated heterocycles. The second kappa shape index (κ2) is 5.83. The highest BCUT2D eigenvalue weighted by Crippen LogP contribution is 2.22. The molecule has 0 fully saturated rings. The molecule has 0 aliphatic carbocycles. The summed E-state index contributed by atoms with van der Waals surface area (Å²) in [6.07, 6.45) is 1.87. The summed E-state index contributed by atoms with van der Waals surface area (Å²) in [4.78, 5) is 4.46. The van der Waals surface area contributed by atoms with Gasteiger partial charge in [-0.1, -0.05) is 35.9 Å². The predicted molar refractivity (Wildman–Crippen MR) is 86.8 cm³/mol. The van der Waals surface area contributed by atoms with Gasteiger partial charge in [-0.3, -0.25) is 4.98 Å². The minimum Gasteiger partial charge on any atom is -0.496 e. The molecule has 1 N–H and O–H groups in total.